The van der Waals surface area contributed by atoms with E-state index in [1.165, 1.54) is 0 Å². The summed E-state index contributed by atoms with van der Waals surface area (Å²) in [6.07, 6.45) is -6.81. The van der Waals surface area contributed by atoms with Gasteiger partial charge in [-0.25, -0.2) is 13.2 Å². The van der Waals surface area contributed by atoms with Crippen molar-refractivity contribution in [2.75, 3.05) is 26.4 Å². The Morgan fingerprint density at radius 3 is 1.07 bits per heavy atom. The van der Waals surface area contributed by atoms with E-state index in [9.17, 15) is 83.4 Å². The van der Waals surface area contributed by atoms with Gasteiger partial charge in [0.1, 0.15) is 0 Å². The smallest absolute Gasteiger partial charge is 0.387 e. The Morgan fingerprint density at radius 1 is 0.413 bits per heavy atom. The molecule has 0 bridgehead atoms. The van der Waals surface area contributed by atoms with Crippen LogP contribution in [0.2, 0.25) is 0 Å². The Morgan fingerprint density at radius 2 is 0.739 bits per heavy atom. The van der Waals surface area contributed by atoms with Crippen molar-refractivity contribution < 1.29 is 102 Å². The van der Waals surface area contributed by atoms with Crippen molar-refractivity contribution in [2.24, 2.45) is 0 Å². The molecule has 0 spiro atoms. The molecule has 0 amide bonds. The molecule has 0 saturated carbocycles. The molecule has 0 heterocycles. The summed E-state index contributed by atoms with van der Waals surface area (Å²) in [5, 5.41) is 0. The number of halogens is 19. The van der Waals surface area contributed by atoms with Gasteiger partial charge >= 0.3 is 47.4 Å². The highest BCUT2D eigenvalue weighted by Gasteiger charge is 2.84. The molecule has 0 aromatic rings. The molecule has 0 aromatic carbocycles. The summed E-state index contributed by atoms with van der Waals surface area (Å²) in [7, 11) is 0. The minimum atomic E-state index is -6.22. The van der Waals surface area contributed by atoms with Crippen LogP contribution in [0.1, 0.15) is 25.7 Å². The van der Waals surface area contributed by atoms with E-state index in [1.807, 2.05) is 0 Å². The van der Waals surface area contributed by atoms with Crippen molar-refractivity contribution in [1.82, 2.24) is 0 Å². The second-order valence-corrected chi connectivity index (χ2v) is 9.79. The summed E-state index contributed by atoms with van der Waals surface area (Å²) in [4.78, 5) is 0. The van der Waals surface area contributed by atoms with Gasteiger partial charge in [-0.1, -0.05) is 0 Å². The molecule has 0 fully saturated rings. The molecule has 0 saturated heterocycles. The van der Waals surface area contributed by atoms with Crippen molar-refractivity contribution in [3.63, 3.8) is 0 Å². The van der Waals surface area contributed by atoms with Crippen LogP contribution in [0.4, 0.5) is 83.4 Å². The van der Waals surface area contributed by atoms with Crippen LogP contribution in [-0.2, 0) is 18.9 Å². The minimum absolute atomic E-state index is 0.642. The van der Waals surface area contributed by atoms with Crippen molar-refractivity contribution in [2.45, 2.75) is 79.2 Å². The summed E-state index contributed by atoms with van der Waals surface area (Å²) in [5.41, 5.74) is 0. The summed E-state index contributed by atoms with van der Waals surface area (Å²) in [6.45, 7) is -4.75. The Balaban J connectivity index is 1.57. The topological polar surface area (TPSA) is 36.9 Å². The normalized spacial score (nSPS) is 27.8. The fourth-order valence-corrected chi connectivity index (χ4v) is 3.98. The zero-order valence-electron chi connectivity index (χ0n) is 22.0. The van der Waals surface area contributed by atoms with Gasteiger partial charge in [-0.2, -0.15) is 70.2 Å². The van der Waals surface area contributed by atoms with Crippen molar-refractivity contribution in [3.8, 4) is 0 Å². The molecule has 0 aromatic heterocycles. The number of alkyl halides is 17. The van der Waals surface area contributed by atoms with Gasteiger partial charge in [0.25, 0.3) is 0 Å². The third-order valence-electron chi connectivity index (χ3n) is 6.65. The SMILES string of the molecule is FC1=C(OCCCCOC2=C(OCCCCOC3=C(F)C(F)(F)C(F)(F)C3(F)F)C(F)(F)C(F)(F)C2(F)F)C(F)C(F)(F)C1(F)F. The van der Waals surface area contributed by atoms with Gasteiger partial charge in [0.15, 0.2) is 5.76 Å². The van der Waals surface area contributed by atoms with Gasteiger partial charge in [0, 0.05) is 0 Å². The number of allylic oxidation sites excluding steroid dienone is 6. The second kappa shape index (κ2) is 11.7. The highest BCUT2D eigenvalue weighted by molar-refractivity contribution is 5.35. The van der Waals surface area contributed by atoms with Crippen LogP contribution >= 0.6 is 0 Å². The molecule has 0 aliphatic heterocycles. The highest BCUT2D eigenvalue weighted by Crippen LogP contribution is 2.61. The fraction of sp³-hybridized carbons (Fsp3) is 0.739. The third kappa shape index (κ3) is 5.26. The quantitative estimate of drug-likeness (QED) is 0.133. The van der Waals surface area contributed by atoms with E-state index in [4.69, 9.17) is 0 Å². The molecule has 266 valence electrons. The predicted molar refractivity (Wildman–Crippen MR) is 110 cm³/mol. The lowest BCUT2D eigenvalue weighted by molar-refractivity contribution is -0.276. The monoisotopic (exact) mass is 718 g/mol. The molecule has 46 heavy (non-hydrogen) atoms. The zero-order valence-corrected chi connectivity index (χ0v) is 22.0. The first-order valence-corrected chi connectivity index (χ1v) is 12.4. The van der Waals surface area contributed by atoms with Crippen LogP contribution in [0, 0.1) is 0 Å². The van der Waals surface area contributed by atoms with Gasteiger partial charge in [0.2, 0.25) is 35.1 Å². The molecule has 1 unspecified atom stereocenters. The lowest BCUT2D eigenvalue weighted by atomic mass is 10.1. The molecule has 0 radical (unpaired) electrons. The lowest BCUT2D eigenvalue weighted by Crippen LogP contribution is -2.49. The van der Waals surface area contributed by atoms with Gasteiger partial charge < -0.3 is 18.9 Å². The van der Waals surface area contributed by atoms with E-state index < -0.39 is 140 Å². The molecule has 3 aliphatic rings. The van der Waals surface area contributed by atoms with Gasteiger partial charge in [-0.05, 0) is 25.7 Å². The average molecular weight is 718 g/mol. The van der Waals surface area contributed by atoms with Crippen LogP contribution < -0.4 is 0 Å². The zero-order chi connectivity index (χ0) is 35.5. The molecular weight excluding hydrogens is 701 g/mol. The summed E-state index contributed by atoms with van der Waals surface area (Å²) < 4.78 is 274. The van der Waals surface area contributed by atoms with Crippen molar-refractivity contribution in [3.05, 3.63) is 34.7 Å². The Labute approximate surface area is 243 Å². The molecule has 4 nitrogen and oxygen atoms in total. The lowest BCUT2D eigenvalue weighted by Gasteiger charge is -2.24. The van der Waals surface area contributed by atoms with Gasteiger partial charge in [0.05, 0.1) is 26.4 Å². The predicted octanol–water partition coefficient (Wildman–Crippen LogP) is 8.65. The molecular formula is C23H17F19O4. The number of rotatable bonds is 14. The number of ether oxygens (including phenoxy) is 4. The average Bonchev–Trinajstić information content (AvgIpc) is 3.15. The number of hydrogen-bond acceptors (Lipinski definition) is 4. The molecule has 1 atom stereocenters. The van der Waals surface area contributed by atoms with Crippen LogP contribution in [0.25, 0.3) is 0 Å². The van der Waals surface area contributed by atoms with Gasteiger partial charge in [-0.15, -0.1) is 0 Å². The first-order chi connectivity index (χ1) is 20.7. The first kappa shape index (κ1) is 37.5. The Kier molecular flexibility index (Phi) is 9.51. The van der Waals surface area contributed by atoms with E-state index >= 15 is 0 Å². The van der Waals surface area contributed by atoms with Crippen LogP contribution in [0.5, 0.6) is 0 Å². The largest absolute Gasteiger partial charge is 0.492 e. The highest BCUT2D eigenvalue weighted by atomic mass is 19.4. The Bertz CT molecular complexity index is 1270. The molecule has 3 rings (SSSR count). The maximum atomic E-state index is 14.2. The first-order valence-electron chi connectivity index (χ1n) is 12.4. The minimum Gasteiger partial charge on any atom is -0.492 e. The molecule has 3 aliphatic carbocycles. The molecule has 23 heteroatoms. The van der Waals surface area contributed by atoms with Crippen LogP contribution in [0.15, 0.2) is 34.7 Å². The van der Waals surface area contributed by atoms with Crippen LogP contribution in [0.3, 0.4) is 0 Å². The van der Waals surface area contributed by atoms with Gasteiger partial charge in [-0.3, -0.25) is 0 Å². The maximum absolute atomic E-state index is 14.2. The van der Waals surface area contributed by atoms with E-state index in [0.29, 0.717) is 0 Å². The van der Waals surface area contributed by atoms with Crippen molar-refractivity contribution in [1.29, 1.82) is 0 Å². The van der Waals surface area contributed by atoms with E-state index in [0.717, 1.165) is 0 Å². The van der Waals surface area contributed by atoms with Crippen molar-refractivity contribution >= 4 is 0 Å². The standard InChI is InChI=1S/C23H17F19O4/c24-10-9(11(25)17(29,30)16(10,27)28)43-5-1-2-7-45-14-15(21(37,38)23(41,42)20(14,35)36)46-8-4-3-6-44-13-12(26)18(31,32)22(39,40)19(13,33)34/h10H,1-8H2. The Hall–Kier alpha value is -2.91. The van der Waals surface area contributed by atoms with E-state index in [-0.39, 0.29) is 0 Å². The summed E-state index contributed by atoms with van der Waals surface area (Å²) in [5.74, 6) is -62.7. The third-order valence-corrected chi connectivity index (χ3v) is 6.65. The van der Waals surface area contributed by atoms with E-state index in [2.05, 4.69) is 18.9 Å². The summed E-state index contributed by atoms with van der Waals surface area (Å²) >= 11 is 0. The van der Waals surface area contributed by atoms with E-state index in [1.54, 1.807) is 0 Å². The summed E-state index contributed by atoms with van der Waals surface area (Å²) in [6, 6.07) is 0. The van der Waals surface area contributed by atoms with Crippen LogP contribution in [-0.4, -0.2) is 80.0 Å². The second-order valence-electron chi connectivity index (χ2n) is 9.79. The maximum Gasteiger partial charge on any atom is 0.387 e. The molecule has 0 N–H and O–H groups in total. The number of unbranched alkanes of at least 4 members (excludes halogenated alkanes) is 2. The fourth-order valence-electron chi connectivity index (χ4n) is 3.98. The number of hydrogen-bond donors (Lipinski definition) is 0.